The second kappa shape index (κ2) is 2.66. The molecule has 5 heteroatoms. The maximum Gasteiger partial charge on any atom is 0.386 e. The van der Waals surface area contributed by atoms with Gasteiger partial charge >= 0.3 is 17.9 Å². The van der Waals surface area contributed by atoms with Crippen LogP contribution in [0.2, 0.25) is 0 Å². The first-order valence-electron chi connectivity index (χ1n) is 3.71. The molecule has 0 amide bonds. The van der Waals surface area contributed by atoms with Crippen LogP contribution in [0.4, 0.5) is 0 Å². The molecular formula is C9H3O5. The van der Waals surface area contributed by atoms with Gasteiger partial charge in [-0.05, 0) is 18.2 Å². The van der Waals surface area contributed by atoms with E-state index in [0.717, 1.165) is 6.07 Å². The fraction of sp³-hybridized carbons (Fsp3) is 0. The first-order chi connectivity index (χ1) is 6.59. The van der Waals surface area contributed by atoms with Crippen molar-refractivity contribution in [1.82, 2.24) is 0 Å². The van der Waals surface area contributed by atoms with Crippen LogP contribution < -0.4 is 0 Å². The Bertz CT molecular complexity index is 460. The standard InChI is InChI=1S/C9H3O5/c10-7(11)4-1-2-5-6(3-4)9(13)14-8(5)12/h1-3H. The van der Waals surface area contributed by atoms with E-state index >= 15 is 0 Å². The molecule has 1 aliphatic heterocycles. The van der Waals surface area contributed by atoms with Crippen molar-refractivity contribution in [3.8, 4) is 0 Å². The maximum atomic E-state index is 11.0. The van der Waals surface area contributed by atoms with Gasteiger partial charge in [-0.3, -0.25) is 0 Å². The van der Waals surface area contributed by atoms with Crippen molar-refractivity contribution in [2.75, 3.05) is 0 Å². The summed E-state index contributed by atoms with van der Waals surface area (Å²) in [5, 5.41) is 10.4. The highest BCUT2D eigenvalue weighted by Crippen LogP contribution is 2.20. The van der Waals surface area contributed by atoms with Crippen LogP contribution in [-0.4, -0.2) is 17.9 Å². The summed E-state index contributed by atoms with van der Waals surface area (Å²) >= 11 is 0. The molecule has 1 aromatic carbocycles. The highest BCUT2D eigenvalue weighted by atomic mass is 16.6. The van der Waals surface area contributed by atoms with Gasteiger partial charge in [-0.15, -0.1) is 0 Å². The summed E-state index contributed by atoms with van der Waals surface area (Å²) in [6.45, 7) is 0. The lowest BCUT2D eigenvalue weighted by Gasteiger charge is -1.93. The Kier molecular flexibility index (Phi) is 1.60. The van der Waals surface area contributed by atoms with E-state index in [1.807, 2.05) is 0 Å². The predicted molar refractivity (Wildman–Crippen MR) is 41.2 cm³/mol. The van der Waals surface area contributed by atoms with Crippen molar-refractivity contribution in [2.45, 2.75) is 0 Å². The average Bonchev–Trinajstić information content (AvgIpc) is 2.42. The van der Waals surface area contributed by atoms with E-state index in [4.69, 9.17) is 0 Å². The Labute approximate surface area is 77.9 Å². The van der Waals surface area contributed by atoms with Crippen molar-refractivity contribution in [3.63, 3.8) is 0 Å². The minimum absolute atomic E-state index is 0.0308. The summed E-state index contributed by atoms with van der Waals surface area (Å²) in [4.78, 5) is 32.4. The molecule has 2 rings (SSSR count). The number of carbonyl (C=O) groups is 3. The van der Waals surface area contributed by atoms with Gasteiger partial charge in [-0.2, -0.15) is 0 Å². The molecule has 1 aliphatic rings. The molecule has 0 N–H and O–H groups in total. The minimum Gasteiger partial charge on any atom is -0.386 e. The van der Waals surface area contributed by atoms with Crippen molar-refractivity contribution in [3.05, 3.63) is 34.9 Å². The number of rotatable bonds is 1. The van der Waals surface area contributed by atoms with Crippen LogP contribution in [0.3, 0.4) is 0 Å². The second-order valence-electron chi connectivity index (χ2n) is 2.72. The van der Waals surface area contributed by atoms with Crippen molar-refractivity contribution < 1.29 is 24.2 Å². The van der Waals surface area contributed by atoms with Gasteiger partial charge in [0, 0.05) is 0 Å². The Hall–Kier alpha value is -2.17. The van der Waals surface area contributed by atoms with Crippen LogP contribution >= 0.6 is 0 Å². The third kappa shape index (κ3) is 1.06. The van der Waals surface area contributed by atoms with Gasteiger partial charge in [0.2, 0.25) is 0 Å². The molecule has 5 nitrogen and oxygen atoms in total. The van der Waals surface area contributed by atoms with Crippen LogP contribution in [-0.2, 0) is 9.84 Å². The lowest BCUT2D eigenvalue weighted by Crippen LogP contribution is -1.99. The van der Waals surface area contributed by atoms with E-state index < -0.39 is 17.9 Å². The normalized spacial score (nSPS) is 13.7. The smallest absolute Gasteiger partial charge is 0.386 e. The number of ether oxygens (including phenoxy) is 1. The first-order valence-corrected chi connectivity index (χ1v) is 3.71. The lowest BCUT2D eigenvalue weighted by atomic mass is 10.1. The molecular weight excluding hydrogens is 188 g/mol. The molecule has 0 saturated heterocycles. The topological polar surface area (TPSA) is 80.3 Å². The van der Waals surface area contributed by atoms with Gasteiger partial charge in [0.1, 0.15) is 0 Å². The van der Waals surface area contributed by atoms with Crippen LogP contribution in [0, 0.1) is 0 Å². The maximum absolute atomic E-state index is 11.0. The number of hydrogen-bond acceptors (Lipinski definition) is 4. The van der Waals surface area contributed by atoms with Gasteiger partial charge < -0.3 is 4.74 Å². The summed E-state index contributed by atoms with van der Waals surface area (Å²) < 4.78 is 4.28. The summed E-state index contributed by atoms with van der Waals surface area (Å²) in [5.41, 5.74) is -0.105. The molecule has 0 spiro atoms. The van der Waals surface area contributed by atoms with Crippen LogP contribution in [0.25, 0.3) is 0 Å². The number of benzene rings is 1. The quantitative estimate of drug-likeness (QED) is 0.480. The number of cyclic esters (lactones) is 2. The first kappa shape index (κ1) is 8.43. The summed E-state index contributed by atoms with van der Waals surface area (Å²) in [7, 11) is 0. The SMILES string of the molecule is [O]C(=O)c1ccc2c(c1)C(=O)OC2=O. The third-order valence-electron chi connectivity index (χ3n) is 1.88. The number of esters is 2. The molecule has 0 aromatic heterocycles. The largest absolute Gasteiger partial charge is 0.386 e. The molecule has 69 valence electrons. The number of carbonyl (C=O) groups excluding carboxylic acids is 3. The monoisotopic (exact) mass is 191 g/mol. The zero-order valence-corrected chi connectivity index (χ0v) is 6.77. The van der Waals surface area contributed by atoms with Crippen molar-refractivity contribution >= 4 is 17.9 Å². The lowest BCUT2D eigenvalue weighted by molar-refractivity contribution is 0.0443. The Balaban J connectivity index is 2.61. The molecule has 1 heterocycles. The van der Waals surface area contributed by atoms with Crippen LogP contribution in [0.15, 0.2) is 18.2 Å². The number of hydrogen-bond donors (Lipinski definition) is 0. The molecule has 0 aliphatic carbocycles. The molecule has 0 fully saturated rings. The van der Waals surface area contributed by atoms with E-state index in [1.54, 1.807) is 0 Å². The van der Waals surface area contributed by atoms with Gasteiger partial charge in [0.15, 0.2) is 0 Å². The van der Waals surface area contributed by atoms with Crippen LogP contribution in [0.1, 0.15) is 31.1 Å². The van der Waals surface area contributed by atoms with E-state index in [-0.39, 0.29) is 16.7 Å². The molecule has 0 saturated carbocycles. The van der Waals surface area contributed by atoms with E-state index in [0.29, 0.717) is 0 Å². The summed E-state index contributed by atoms with van der Waals surface area (Å²) in [6, 6.07) is 3.49. The fourth-order valence-corrected chi connectivity index (χ4v) is 1.21. The van der Waals surface area contributed by atoms with Gasteiger partial charge in [-0.25, -0.2) is 19.5 Å². The zero-order valence-electron chi connectivity index (χ0n) is 6.77. The Morgan fingerprint density at radius 1 is 1.07 bits per heavy atom. The second-order valence-corrected chi connectivity index (χ2v) is 2.72. The van der Waals surface area contributed by atoms with E-state index in [9.17, 15) is 19.5 Å². The minimum atomic E-state index is -1.40. The molecule has 0 atom stereocenters. The molecule has 0 bridgehead atoms. The van der Waals surface area contributed by atoms with Crippen molar-refractivity contribution in [2.24, 2.45) is 0 Å². The predicted octanol–water partition coefficient (Wildman–Crippen LogP) is 0.568. The highest BCUT2D eigenvalue weighted by molar-refractivity contribution is 6.15. The van der Waals surface area contributed by atoms with E-state index in [2.05, 4.69) is 4.74 Å². The Morgan fingerprint density at radius 2 is 1.71 bits per heavy atom. The highest BCUT2D eigenvalue weighted by Gasteiger charge is 2.30. The third-order valence-corrected chi connectivity index (χ3v) is 1.88. The Morgan fingerprint density at radius 3 is 2.36 bits per heavy atom. The molecule has 1 aromatic rings. The van der Waals surface area contributed by atoms with Gasteiger partial charge in [-0.1, -0.05) is 0 Å². The summed E-state index contributed by atoms with van der Waals surface area (Å²) in [6.07, 6.45) is 0. The summed E-state index contributed by atoms with van der Waals surface area (Å²) in [5.74, 6) is -2.98. The van der Waals surface area contributed by atoms with Gasteiger partial charge in [0.25, 0.3) is 0 Å². The molecule has 0 unspecified atom stereocenters. The number of fused-ring (bicyclic) bond motifs is 1. The molecule has 1 radical (unpaired) electrons. The van der Waals surface area contributed by atoms with Gasteiger partial charge in [0.05, 0.1) is 16.7 Å². The zero-order chi connectivity index (χ0) is 10.3. The van der Waals surface area contributed by atoms with Crippen LogP contribution in [0.5, 0.6) is 0 Å². The fourth-order valence-electron chi connectivity index (χ4n) is 1.21. The van der Waals surface area contributed by atoms with E-state index in [1.165, 1.54) is 12.1 Å². The molecule has 14 heavy (non-hydrogen) atoms. The van der Waals surface area contributed by atoms with Crippen molar-refractivity contribution in [1.29, 1.82) is 0 Å². The average molecular weight is 191 g/mol.